The number of hydrogen-bond acceptors (Lipinski definition) is 8. The summed E-state index contributed by atoms with van der Waals surface area (Å²) in [6.07, 6.45) is 0.833. The van der Waals surface area contributed by atoms with Crippen molar-refractivity contribution in [2.24, 2.45) is 5.11 Å². The van der Waals surface area contributed by atoms with Gasteiger partial charge in [-0.2, -0.15) is 4.98 Å². The van der Waals surface area contributed by atoms with Crippen molar-refractivity contribution in [1.82, 2.24) is 14.9 Å². The number of azide groups is 1. The summed E-state index contributed by atoms with van der Waals surface area (Å²) in [6, 6.07) is 3.62. The molecular weight excluding hydrogens is 360 g/mol. The van der Waals surface area contributed by atoms with Crippen molar-refractivity contribution in [3.8, 4) is 11.5 Å². The number of fused-ring (bicyclic) bond motifs is 1. The molecule has 0 bridgehead atoms. The third-order valence-corrected chi connectivity index (χ3v) is 5.03. The Labute approximate surface area is 163 Å². The molecule has 0 saturated carbocycles. The molecule has 3 rings (SSSR count). The Hall–Kier alpha value is -2.97. The molecule has 1 aliphatic heterocycles. The number of ether oxygens (including phenoxy) is 2. The van der Waals surface area contributed by atoms with Crippen LogP contribution in [0, 0.1) is 0 Å². The summed E-state index contributed by atoms with van der Waals surface area (Å²) in [4.78, 5) is 16.5. The van der Waals surface area contributed by atoms with Gasteiger partial charge in [0.2, 0.25) is 5.95 Å². The van der Waals surface area contributed by atoms with E-state index < -0.39 is 0 Å². The molecule has 1 aromatic carbocycles. The van der Waals surface area contributed by atoms with Gasteiger partial charge < -0.3 is 20.1 Å². The first-order valence-electron chi connectivity index (χ1n) is 9.30. The molecule has 2 heterocycles. The predicted molar refractivity (Wildman–Crippen MR) is 109 cm³/mol. The van der Waals surface area contributed by atoms with Crippen LogP contribution in [0.2, 0.25) is 0 Å². The molecule has 10 nitrogen and oxygen atoms in total. The number of anilines is 2. The molecular formula is C18H26N8O2. The van der Waals surface area contributed by atoms with Gasteiger partial charge in [-0.15, -0.1) is 0 Å². The topological polar surface area (TPSA) is 126 Å². The molecule has 1 atom stereocenters. The van der Waals surface area contributed by atoms with E-state index >= 15 is 0 Å². The number of aromatic nitrogens is 2. The fraction of sp³-hybridized carbons (Fsp3) is 0.556. The third kappa shape index (κ3) is 4.13. The number of methoxy groups -OCH3 is 2. The van der Waals surface area contributed by atoms with Gasteiger partial charge >= 0.3 is 0 Å². The van der Waals surface area contributed by atoms with Gasteiger partial charge in [-0.25, -0.2) is 4.98 Å². The van der Waals surface area contributed by atoms with Crippen LogP contribution in [0.25, 0.3) is 21.3 Å². The second kappa shape index (κ2) is 8.81. The highest BCUT2D eigenvalue weighted by molar-refractivity contribution is 5.91. The van der Waals surface area contributed by atoms with Gasteiger partial charge in [0.05, 0.1) is 19.7 Å². The number of piperazine rings is 1. The van der Waals surface area contributed by atoms with Crippen LogP contribution in [0.15, 0.2) is 17.2 Å². The molecule has 1 fully saturated rings. The fourth-order valence-corrected chi connectivity index (χ4v) is 3.36. The third-order valence-electron chi connectivity index (χ3n) is 5.03. The molecule has 2 aromatic rings. The van der Waals surface area contributed by atoms with Gasteiger partial charge in [-0.05, 0) is 18.0 Å². The lowest BCUT2D eigenvalue weighted by Gasteiger charge is -2.35. The summed E-state index contributed by atoms with van der Waals surface area (Å²) in [5.41, 5.74) is 15.6. The normalized spacial score (nSPS) is 15.9. The minimum Gasteiger partial charge on any atom is -0.493 e. The van der Waals surface area contributed by atoms with Gasteiger partial charge in [0.15, 0.2) is 11.5 Å². The van der Waals surface area contributed by atoms with Crippen LogP contribution in [0.3, 0.4) is 0 Å². The molecule has 0 aliphatic carbocycles. The van der Waals surface area contributed by atoms with Gasteiger partial charge in [0.25, 0.3) is 0 Å². The largest absolute Gasteiger partial charge is 0.493 e. The molecule has 150 valence electrons. The van der Waals surface area contributed by atoms with E-state index in [0.717, 1.165) is 50.0 Å². The SMILES string of the molecule is CCC(CN1CCN(c2nc(N)c3cc(OC)c(OC)cc3n2)CC1)N=[N+]=[N-]. The van der Waals surface area contributed by atoms with Crippen LogP contribution in [0.4, 0.5) is 11.8 Å². The van der Waals surface area contributed by atoms with E-state index in [0.29, 0.717) is 23.3 Å². The number of nitrogens with zero attached hydrogens (tertiary/aromatic N) is 7. The maximum atomic E-state index is 8.66. The van der Waals surface area contributed by atoms with Crippen molar-refractivity contribution in [2.75, 3.05) is 57.6 Å². The zero-order valence-electron chi connectivity index (χ0n) is 16.5. The first kappa shape index (κ1) is 19.8. The van der Waals surface area contributed by atoms with E-state index in [1.54, 1.807) is 20.3 Å². The molecule has 2 N–H and O–H groups in total. The van der Waals surface area contributed by atoms with E-state index in [2.05, 4.69) is 29.8 Å². The Morgan fingerprint density at radius 1 is 1.18 bits per heavy atom. The smallest absolute Gasteiger partial charge is 0.227 e. The van der Waals surface area contributed by atoms with Crippen LogP contribution in [0.1, 0.15) is 13.3 Å². The average Bonchev–Trinajstić information content (AvgIpc) is 2.72. The lowest BCUT2D eigenvalue weighted by Crippen LogP contribution is -2.48. The number of nitrogens with two attached hydrogens (primary N) is 1. The highest BCUT2D eigenvalue weighted by Gasteiger charge is 2.22. The summed E-state index contributed by atoms with van der Waals surface area (Å²) in [6.45, 7) is 6.07. The highest BCUT2D eigenvalue weighted by Crippen LogP contribution is 2.34. The standard InChI is InChI=1S/C18H26N8O2/c1-4-12(23-24-20)11-25-5-7-26(8-6-25)18-21-14-10-16(28-3)15(27-2)9-13(14)17(19)22-18/h9-10,12H,4-8,11H2,1-3H3,(H2,19,21,22). The van der Waals surface area contributed by atoms with Crippen LogP contribution in [0.5, 0.6) is 11.5 Å². The van der Waals surface area contributed by atoms with Crippen LogP contribution < -0.4 is 20.1 Å². The van der Waals surface area contributed by atoms with Gasteiger partial charge in [0.1, 0.15) is 5.82 Å². The first-order valence-corrected chi connectivity index (χ1v) is 9.30. The van der Waals surface area contributed by atoms with Crippen molar-refractivity contribution < 1.29 is 9.47 Å². The quantitative estimate of drug-likeness (QED) is 0.440. The van der Waals surface area contributed by atoms with Crippen molar-refractivity contribution in [3.05, 3.63) is 22.6 Å². The van der Waals surface area contributed by atoms with Gasteiger partial charge in [-0.1, -0.05) is 12.0 Å². The van der Waals surface area contributed by atoms with E-state index in [1.807, 2.05) is 13.0 Å². The van der Waals surface area contributed by atoms with Crippen LogP contribution in [-0.2, 0) is 0 Å². The predicted octanol–water partition coefficient (Wildman–Crippen LogP) is 2.44. The Morgan fingerprint density at radius 3 is 2.46 bits per heavy atom. The average molecular weight is 386 g/mol. The Balaban J connectivity index is 1.77. The monoisotopic (exact) mass is 386 g/mol. The van der Waals surface area contributed by atoms with E-state index in [9.17, 15) is 0 Å². The second-order valence-electron chi connectivity index (χ2n) is 6.69. The Bertz CT molecular complexity index is 876. The van der Waals surface area contributed by atoms with Gasteiger partial charge in [0, 0.05) is 55.1 Å². The summed E-state index contributed by atoms with van der Waals surface area (Å²) < 4.78 is 10.7. The molecule has 1 aliphatic rings. The molecule has 28 heavy (non-hydrogen) atoms. The number of rotatable bonds is 7. The van der Waals surface area contributed by atoms with E-state index in [1.165, 1.54) is 0 Å². The van der Waals surface area contributed by atoms with Crippen molar-refractivity contribution >= 4 is 22.7 Å². The minimum absolute atomic E-state index is 0.00607. The number of benzene rings is 1. The summed E-state index contributed by atoms with van der Waals surface area (Å²) >= 11 is 0. The molecule has 0 spiro atoms. The van der Waals surface area contributed by atoms with Crippen LogP contribution >= 0.6 is 0 Å². The second-order valence-corrected chi connectivity index (χ2v) is 6.69. The van der Waals surface area contributed by atoms with Crippen molar-refractivity contribution in [1.29, 1.82) is 0 Å². The summed E-state index contributed by atoms with van der Waals surface area (Å²) in [5, 5.41) is 4.59. The molecule has 1 aromatic heterocycles. The fourth-order valence-electron chi connectivity index (χ4n) is 3.36. The summed E-state index contributed by atoms with van der Waals surface area (Å²) in [5.74, 6) is 2.22. The van der Waals surface area contributed by atoms with Crippen LogP contribution in [-0.4, -0.2) is 67.9 Å². The molecule has 0 amide bonds. The Kier molecular flexibility index (Phi) is 6.23. The molecule has 10 heteroatoms. The van der Waals surface area contributed by atoms with Crippen molar-refractivity contribution in [2.45, 2.75) is 19.4 Å². The zero-order chi connectivity index (χ0) is 20.1. The number of hydrogen-bond donors (Lipinski definition) is 1. The first-order chi connectivity index (χ1) is 13.6. The minimum atomic E-state index is 0.00607. The van der Waals surface area contributed by atoms with Gasteiger partial charge in [-0.3, -0.25) is 4.90 Å². The maximum Gasteiger partial charge on any atom is 0.227 e. The highest BCUT2D eigenvalue weighted by atomic mass is 16.5. The lowest BCUT2D eigenvalue weighted by atomic mass is 10.2. The zero-order valence-corrected chi connectivity index (χ0v) is 16.5. The Morgan fingerprint density at radius 2 is 1.86 bits per heavy atom. The molecule has 1 saturated heterocycles. The number of nitrogen functional groups attached to an aromatic ring is 1. The lowest BCUT2D eigenvalue weighted by molar-refractivity contribution is 0.240. The van der Waals surface area contributed by atoms with E-state index in [-0.39, 0.29) is 6.04 Å². The van der Waals surface area contributed by atoms with Crippen molar-refractivity contribution in [3.63, 3.8) is 0 Å². The summed E-state index contributed by atoms with van der Waals surface area (Å²) in [7, 11) is 3.17. The molecule has 0 radical (unpaired) electrons. The molecule has 1 unspecified atom stereocenters. The maximum absolute atomic E-state index is 8.66. The van der Waals surface area contributed by atoms with E-state index in [4.69, 9.17) is 20.7 Å².